The maximum absolute atomic E-state index is 11.8. The van der Waals surface area contributed by atoms with E-state index in [2.05, 4.69) is 70.2 Å². The van der Waals surface area contributed by atoms with Crippen LogP contribution in [0.3, 0.4) is 0 Å². The number of benzene rings is 2. The second-order valence-electron chi connectivity index (χ2n) is 8.87. The lowest BCUT2D eigenvalue weighted by Gasteiger charge is -2.30. The average molecular weight is 546 g/mol. The van der Waals surface area contributed by atoms with Crippen molar-refractivity contribution in [1.82, 2.24) is 15.5 Å². The third-order valence-electron chi connectivity index (χ3n) is 6.79. The van der Waals surface area contributed by atoms with Gasteiger partial charge in [-0.2, -0.15) is 0 Å². The summed E-state index contributed by atoms with van der Waals surface area (Å²) in [7, 11) is 1.83. The smallest absolute Gasteiger partial charge is 0.222 e. The minimum atomic E-state index is 0. The van der Waals surface area contributed by atoms with Crippen molar-refractivity contribution in [1.29, 1.82) is 0 Å². The van der Waals surface area contributed by atoms with Crippen LogP contribution < -0.4 is 10.6 Å². The number of halogens is 1. The highest BCUT2D eigenvalue weighted by molar-refractivity contribution is 14.0. The van der Waals surface area contributed by atoms with E-state index in [1.165, 1.54) is 42.4 Å². The molecule has 0 aromatic heterocycles. The highest BCUT2D eigenvalue weighted by Crippen LogP contribution is 2.40. The van der Waals surface area contributed by atoms with Gasteiger partial charge in [0, 0.05) is 45.1 Å². The van der Waals surface area contributed by atoms with Crippen molar-refractivity contribution in [3.05, 3.63) is 71.3 Å². The fraction of sp³-hybridized carbons (Fsp3) is 0.462. The first kappa shape index (κ1) is 24.6. The van der Waals surface area contributed by atoms with Gasteiger partial charge in [0.05, 0.1) is 0 Å². The molecule has 2 aliphatic rings. The highest BCUT2D eigenvalue weighted by Gasteiger charge is 2.35. The predicted octanol–water partition coefficient (Wildman–Crippen LogP) is 4.60. The molecular weight excluding hydrogens is 511 g/mol. The van der Waals surface area contributed by atoms with Crippen LogP contribution >= 0.6 is 24.0 Å². The van der Waals surface area contributed by atoms with Crippen molar-refractivity contribution >= 4 is 35.8 Å². The van der Waals surface area contributed by atoms with Crippen LogP contribution in [-0.2, 0) is 23.3 Å². The van der Waals surface area contributed by atoms with Crippen LogP contribution in [-0.4, -0.2) is 36.9 Å². The zero-order chi connectivity index (χ0) is 21.5. The van der Waals surface area contributed by atoms with Gasteiger partial charge in [0.1, 0.15) is 0 Å². The SMILES string of the molecule is CN=C(NCc1ccc(CN2CCCC2=O)cc1)NCC1(c2ccccc2)CCCC1.I. The van der Waals surface area contributed by atoms with E-state index in [1.54, 1.807) is 0 Å². The number of amides is 1. The summed E-state index contributed by atoms with van der Waals surface area (Å²) >= 11 is 0. The monoisotopic (exact) mass is 546 g/mol. The molecule has 0 atom stereocenters. The van der Waals surface area contributed by atoms with Gasteiger partial charge in [-0.3, -0.25) is 9.79 Å². The van der Waals surface area contributed by atoms with E-state index in [1.807, 2.05) is 11.9 Å². The number of nitrogens with zero attached hydrogens (tertiary/aromatic N) is 2. The molecule has 2 aromatic rings. The van der Waals surface area contributed by atoms with Gasteiger partial charge in [-0.15, -0.1) is 24.0 Å². The van der Waals surface area contributed by atoms with Gasteiger partial charge in [-0.1, -0.05) is 67.4 Å². The lowest BCUT2D eigenvalue weighted by Crippen LogP contribution is -2.44. The second kappa shape index (κ2) is 11.7. The predicted molar refractivity (Wildman–Crippen MR) is 141 cm³/mol. The molecule has 1 heterocycles. The van der Waals surface area contributed by atoms with Crippen LogP contribution in [0.4, 0.5) is 0 Å². The van der Waals surface area contributed by atoms with Crippen molar-refractivity contribution in [2.75, 3.05) is 20.1 Å². The van der Waals surface area contributed by atoms with Crippen molar-refractivity contribution in [3.8, 4) is 0 Å². The number of aliphatic imine (C=N–C) groups is 1. The summed E-state index contributed by atoms with van der Waals surface area (Å²) in [5.74, 6) is 1.12. The molecule has 172 valence electrons. The van der Waals surface area contributed by atoms with Gasteiger partial charge in [0.25, 0.3) is 0 Å². The molecule has 2 fully saturated rings. The minimum Gasteiger partial charge on any atom is -0.356 e. The summed E-state index contributed by atoms with van der Waals surface area (Å²) in [4.78, 5) is 18.2. The molecule has 32 heavy (non-hydrogen) atoms. The van der Waals surface area contributed by atoms with Crippen LogP contribution in [0.5, 0.6) is 0 Å². The van der Waals surface area contributed by atoms with Crippen LogP contribution in [0.2, 0.25) is 0 Å². The van der Waals surface area contributed by atoms with Gasteiger partial charge in [0.15, 0.2) is 5.96 Å². The first-order chi connectivity index (χ1) is 15.2. The Hall–Kier alpha value is -2.09. The van der Waals surface area contributed by atoms with E-state index in [9.17, 15) is 4.79 Å². The van der Waals surface area contributed by atoms with Gasteiger partial charge < -0.3 is 15.5 Å². The van der Waals surface area contributed by atoms with Crippen molar-refractivity contribution < 1.29 is 4.79 Å². The zero-order valence-electron chi connectivity index (χ0n) is 19.0. The topological polar surface area (TPSA) is 56.7 Å². The largest absolute Gasteiger partial charge is 0.356 e. The summed E-state index contributed by atoms with van der Waals surface area (Å²) in [5, 5.41) is 7.03. The fourth-order valence-corrected chi connectivity index (χ4v) is 4.92. The molecule has 1 aliphatic carbocycles. The second-order valence-corrected chi connectivity index (χ2v) is 8.87. The molecule has 1 saturated heterocycles. The first-order valence-corrected chi connectivity index (χ1v) is 11.5. The minimum absolute atomic E-state index is 0. The average Bonchev–Trinajstić information content (AvgIpc) is 3.45. The van der Waals surface area contributed by atoms with Gasteiger partial charge in [-0.25, -0.2) is 0 Å². The van der Waals surface area contributed by atoms with Crippen molar-refractivity contribution in [2.24, 2.45) is 4.99 Å². The molecule has 1 aliphatic heterocycles. The van der Waals surface area contributed by atoms with Gasteiger partial charge in [-0.05, 0) is 36.0 Å². The molecule has 1 saturated carbocycles. The number of carbonyl (C=O) groups excluding carboxylic acids is 1. The third kappa shape index (κ3) is 6.03. The molecule has 1 amide bonds. The Morgan fingerprint density at radius 3 is 2.28 bits per heavy atom. The summed E-state index contributed by atoms with van der Waals surface area (Å²) in [6, 6.07) is 19.4. The van der Waals surface area contributed by atoms with Crippen LogP contribution in [0.15, 0.2) is 59.6 Å². The van der Waals surface area contributed by atoms with Crippen LogP contribution in [0.1, 0.15) is 55.2 Å². The van der Waals surface area contributed by atoms with E-state index in [-0.39, 0.29) is 35.3 Å². The standard InChI is InChI=1S/C26H34N4O.HI/c1-27-25(29-20-26(15-5-6-16-26)23-8-3-2-4-9-23)28-18-21-11-13-22(14-12-21)19-30-17-7-10-24(30)31;/h2-4,8-9,11-14H,5-7,10,15-20H2,1H3,(H2,27,28,29);1H. The summed E-state index contributed by atoms with van der Waals surface area (Å²) in [6.45, 7) is 3.23. The third-order valence-corrected chi connectivity index (χ3v) is 6.79. The molecular formula is C26H35IN4O. The fourth-order valence-electron chi connectivity index (χ4n) is 4.92. The van der Waals surface area contributed by atoms with E-state index < -0.39 is 0 Å². The Balaban J connectivity index is 0.00000289. The summed E-state index contributed by atoms with van der Waals surface area (Å²) in [5.41, 5.74) is 4.03. The molecule has 4 rings (SSSR count). The molecule has 2 N–H and O–H groups in total. The Morgan fingerprint density at radius 2 is 1.66 bits per heavy atom. The molecule has 0 bridgehead atoms. The molecule has 0 unspecified atom stereocenters. The van der Waals surface area contributed by atoms with Crippen molar-refractivity contribution in [3.63, 3.8) is 0 Å². The molecule has 0 radical (unpaired) electrons. The molecule has 6 heteroatoms. The van der Waals surface area contributed by atoms with Gasteiger partial charge >= 0.3 is 0 Å². The summed E-state index contributed by atoms with van der Waals surface area (Å²) < 4.78 is 0. The summed E-state index contributed by atoms with van der Waals surface area (Å²) in [6.07, 6.45) is 6.71. The Bertz CT molecular complexity index is 892. The number of carbonyl (C=O) groups is 1. The number of hydrogen-bond donors (Lipinski definition) is 2. The van der Waals surface area contributed by atoms with Crippen LogP contribution in [0, 0.1) is 0 Å². The number of likely N-dealkylation sites (tertiary alicyclic amines) is 1. The molecule has 2 aromatic carbocycles. The maximum Gasteiger partial charge on any atom is 0.222 e. The van der Waals surface area contributed by atoms with E-state index in [0.29, 0.717) is 6.42 Å². The normalized spacial score (nSPS) is 17.8. The Kier molecular flexibility index (Phi) is 8.96. The lowest BCUT2D eigenvalue weighted by molar-refractivity contribution is -0.128. The highest BCUT2D eigenvalue weighted by atomic mass is 127. The van der Waals surface area contributed by atoms with E-state index in [0.717, 1.165) is 38.6 Å². The first-order valence-electron chi connectivity index (χ1n) is 11.5. The quantitative estimate of drug-likeness (QED) is 0.303. The van der Waals surface area contributed by atoms with Crippen molar-refractivity contribution in [2.45, 2.75) is 57.0 Å². The van der Waals surface area contributed by atoms with E-state index >= 15 is 0 Å². The number of rotatable bonds is 7. The maximum atomic E-state index is 11.8. The Labute approximate surface area is 209 Å². The van der Waals surface area contributed by atoms with Crippen LogP contribution in [0.25, 0.3) is 0 Å². The molecule has 0 spiro atoms. The molecule has 5 nitrogen and oxygen atoms in total. The van der Waals surface area contributed by atoms with Gasteiger partial charge in [0.2, 0.25) is 5.91 Å². The number of hydrogen-bond acceptors (Lipinski definition) is 2. The number of nitrogens with one attached hydrogen (secondary N) is 2. The Morgan fingerprint density at radius 1 is 0.969 bits per heavy atom. The number of guanidine groups is 1. The van der Waals surface area contributed by atoms with E-state index in [4.69, 9.17) is 0 Å². The zero-order valence-corrected chi connectivity index (χ0v) is 21.3. The lowest BCUT2D eigenvalue weighted by atomic mass is 9.79.